The van der Waals surface area contributed by atoms with E-state index in [2.05, 4.69) is 5.32 Å². The van der Waals surface area contributed by atoms with Gasteiger partial charge < -0.3 is 10.1 Å². The van der Waals surface area contributed by atoms with Crippen molar-refractivity contribution in [2.45, 2.75) is 32.9 Å². The molecule has 1 aromatic carbocycles. The summed E-state index contributed by atoms with van der Waals surface area (Å²) in [7, 11) is 0. The molecule has 134 valence electrons. The predicted molar refractivity (Wildman–Crippen MR) is 92.0 cm³/mol. The normalized spacial score (nSPS) is 11.8. The summed E-state index contributed by atoms with van der Waals surface area (Å²) in [5.41, 5.74) is 1.56. The average molecular weight is 366 g/mol. The molecule has 0 aliphatic carbocycles. The molecular formula is C17H19FN2O4S. The van der Waals surface area contributed by atoms with Gasteiger partial charge in [0.25, 0.3) is 5.91 Å². The van der Waals surface area contributed by atoms with Gasteiger partial charge in [0.15, 0.2) is 6.10 Å². The van der Waals surface area contributed by atoms with Crippen molar-refractivity contribution in [2.75, 3.05) is 6.54 Å². The molecule has 8 heteroatoms. The molecule has 2 rings (SSSR count). The van der Waals surface area contributed by atoms with Crippen LogP contribution in [0.3, 0.4) is 0 Å². The van der Waals surface area contributed by atoms with Crippen molar-refractivity contribution in [3.05, 3.63) is 56.4 Å². The number of nitrogens with zero attached hydrogens (tertiary/aromatic N) is 1. The van der Waals surface area contributed by atoms with E-state index in [1.165, 1.54) is 23.6 Å². The Morgan fingerprint density at radius 1 is 1.32 bits per heavy atom. The second kappa shape index (κ2) is 8.57. The van der Waals surface area contributed by atoms with Gasteiger partial charge in [-0.25, -0.2) is 4.39 Å². The molecule has 0 spiro atoms. The third kappa shape index (κ3) is 5.53. The van der Waals surface area contributed by atoms with E-state index in [-0.39, 0.29) is 17.2 Å². The zero-order chi connectivity index (χ0) is 18.4. The van der Waals surface area contributed by atoms with Crippen molar-refractivity contribution >= 4 is 23.2 Å². The lowest BCUT2D eigenvalue weighted by atomic mass is 10.1. The van der Waals surface area contributed by atoms with Gasteiger partial charge in [-0.3, -0.25) is 19.0 Å². The first-order valence-corrected chi connectivity index (χ1v) is 8.61. The van der Waals surface area contributed by atoms with Crippen LogP contribution in [0.15, 0.2) is 34.4 Å². The zero-order valence-electron chi connectivity index (χ0n) is 14.0. The molecule has 0 saturated carbocycles. The number of halogens is 1. The monoisotopic (exact) mass is 366 g/mol. The molecule has 1 amide bonds. The average Bonchev–Trinajstić information content (AvgIpc) is 2.88. The molecule has 0 aliphatic rings. The van der Waals surface area contributed by atoms with E-state index < -0.39 is 18.0 Å². The van der Waals surface area contributed by atoms with Crippen LogP contribution in [0.1, 0.15) is 18.2 Å². The molecule has 0 unspecified atom stereocenters. The van der Waals surface area contributed by atoms with Crippen molar-refractivity contribution in [1.82, 2.24) is 9.88 Å². The quantitative estimate of drug-likeness (QED) is 0.756. The smallest absolute Gasteiger partial charge is 0.326 e. The van der Waals surface area contributed by atoms with Gasteiger partial charge in [-0.1, -0.05) is 23.5 Å². The van der Waals surface area contributed by atoms with Crippen molar-refractivity contribution in [2.24, 2.45) is 0 Å². The summed E-state index contributed by atoms with van der Waals surface area (Å²) in [4.78, 5) is 35.1. The van der Waals surface area contributed by atoms with Gasteiger partial charge in [0, 0.05) is 17.6 Å². The fourth-order valence-corrected chi connectivity index (χ4v) is 2.87. The molecule has 1 N–H and O–H groups in total. The minimum Gasteiger partial charge on any atom is -0.451 e. The second-order valence-electron chi connectivity index (χ2n) is 5.53. The molecule has 0 saturated heterocycles. The van der Waals surface area contributed by atoms with E-state index in [0.717, 1.165) is 16.9 Å². The number of rotatable bonds is 7. The summed E-state index contributed by atoms with van der Waals surface area (Å²) in [5.74, 6) is -1.39. The van der Waals surface area contributed by atoms with E-state index in [1.807, 2.05) is 0 Å². The number of thiazole rings is 1. The number of aryl methyl sites for hydroxylation is 1. The van der Waals surface area contributed by atoms with Gasteiger partial charge in [0.2, 0.25) is 0 Å². The van der Waals surface area contributed by atoms with Crippen LogP contribution < -0.4 is 10.2 Å². The Morgan fingerprint density at radius 2 is 2.00 bits per heavy atom. The number of carbonyl (C=O) groups excluding carboxylic acids is 2. The van der Waals surface area contributed by atoms with Crippen LogP contribution in [0, 0.1) is 12.7 Å². The highest BCUT2D eigenvalue weighted by Gasteiger charge is 2.18. The molecule has 0 radical (unpaired) electrons. The Balaban J connectivity index is 1.76. The lowest BCUT2D eigenvalue weighted by Crippen LogP contribution is -2.37. The Labute approximate surface area is 148 Å². The van der Waals surface area contributed by atoms with Gasteiger partial charge in [-0.05, 0) is 38.0 Å². The zero-order valence-corrected chi connectivity index (χ0v) is 14.8. The minimum absolute atomic E-state index is 0.221. The van der Waals surface area contributed by atoms with Gasteiger partial charge in [0.05, 0.1) is 0 Å². The van der Waals surface area contributed by atoms with E-state index >= 15 is 0 Å². The Bertz CT molecular complexity index is 798. The van der Waals surface area contributed by atoms with Gasteiger partial charge >= 0.3 is 10.8 Å². The number of nitrogens with one attached hydrogen (secondary N) is 1. The van der Waals surface area contributed by atoms with Crippen molar-refractivity contribution in [3.63, 3.8) is 0 Å². The summed E-state index contributed by atoms with van der Waals surface area (Å²) >= 11 is 1.00. The first kappa shape index (κ1) is 18.9. The standard InChI is InChI=1S/C17H19FN2O4S/c1-11-10-25-17(23)20(11)9-15(21)24-12(2)16(22)19-8-7-13-3-5-14(18)6-4-13/h3-6,10,12H,7-9H2,1-2H3,(H,19,22)/t12-/m0/s1. The van der Waals surface area contributed by atoms with Crippen LogP contribution in [0.25, 0.3) is 0 Å². The summed E-state index contributed by atoms with van der Waals surface area (Å²) in [6.45, 7) is 3.31. The third-order valence-electron chi connectivity index (χ3n) is 3.57. The first-order valence-electron chi connectivity index (χ1n) is 7.73. The summed E-state index contributed by atoms with van der Waals surface area (Å²) in [5, 5.41) is 4.31. The van der Waals surface area contributed by atoms with E-state index in [9.17, 15) is 18.8 Å². The number of aromatic nitrogens is 1. The largest absolute Gasteiger partial charge is 0.451 e. The van der Waals surface area contributed by atoms with Gasteiger partial charge in [-0.15, -0.1) is 0 Å². The fourth-order valence-electron chi connectivity index (χ4n) is 2.14. The third-order valence-corrected chi connectivity index (χ3v) is 4.45. The van der Waals surface area contributed by atoms with Crippen molar-refractivity contribution < 1.29 is 18.7 Å². The SMILES string of the molecule is Cc1csc(=O)n1CC(=O)O[C@@H](C)C(=O)NCCc1ccc(F)cc1. The molecule has 25 heavy (non-hydrogen) atoms. The number of amides is 1. The van der Waals surface area contributed by atoms with E-state index in [1.54, 1.807) is 24.4 Å². The van der Waals surface area contributed by atoms with Crippen molar-refractivity contribution in [1.29, 1.82) is 0 Å². The Kier molecular flexibility index (Phi) is 6.46. The lowest BCUT2D eigenvalue weighted by Gasteiger charge is -2.14. The molecule has 1 heterocycles. The highest BCUT2D eigenvalue weighted by molar-refractivity contribution is 7.07. The molecular weight excluding hydrogens is 347 g/mol. The molecule has 0 bridgehead atoms. The number of hydrogen-bond donors (Lipinski definition) is 1. The number of carbonyl (C=O) groups is 2. The van der Waals surface area contributed by atoms with Crippen LogP contribution in [0.5, 0.6) is 0 Å². The first-order chi connectivity index (χ1) is 11.9. The molecule has 0 fully saturated rings. The number of hydrogen-bond acceptors (Lipinski definition) is 5. The highest BCUT2D eigenvalue weighted by Crippen LogP contribution is 2.04. The molecule has 1 aromatic heterocycles. The number of esters is 1. The Morgan fingerprint density at radius 3 is 2.60 bits per heavy atom. The maximum atomic E-state index is 12.8. The highest BCUT2D eigenvalue weighted by atomic mass is 32.1. The summed E-state index contributed by atoms with van der Waals surface area (Å²) < 4.78 is 19.2. The van der Waals surface area contributed by atoms with Gasteiger partial charge in [0.1, 0.15) is 12.4 Å². The molecule has 2 aromatic rings. The number of ether oxygens (including phenoxy) is 1. The molecule has 1 atom stereocenters. The van der Waals surface area contributed by atoms with E-state index in [0.29, 0.717) is 18.7 Å². The van der Waals surface area contributed by atoms with Gasteiger partial charge in [-0.2, -0.15) is 0 Å². The van der Waals surface area contributed by atoms with Crippen LogP contribution in [-0.2, 0) is 27.3 Å². The summed E-state index contributed by atoms with van der Waals surface area (Å²) in [6, 6.07) is 6.00. The molecule has 6 nitrogen and oxygen atoms in total. The topological polar surface area (TPSA) is 77.4 Å². The lowest BCUT2D eigenvalue weighted by molar-refractivity contribution is -0.155. The van der Waals surface area contributed by atoms with Crippen LogP contribution in [0.4, 0.5) is 4.39 Å². The van der Waals surface area contributed by atoms with Crippen molar-refractivity contribution in [3.8, 4) is 0 Å². The minimum atomic E-state index is -0.963. The van der Waals surface area contributed by atoms with Crippen LogP contribution in [0.2, 0.25) is 0 Å². The fraction of sp³-hybridized carbons (Fsp3) is 0.353. The maximum Gasteiger partial charge on any atom is 0.326 e. The van der Waals surface area contributed by atoms with Crippen LogP contribution >= 0.6 is 11.3 Å². The Hall–Kier alpha value is -2.48. The predicted octanol–water partition coefficient (Wildman–Crippen LogP) is 1.65. The van der Waals surface area contributed by atoms with Crippen LogP contribution in [-0.4, -0.2) is 29.1 Å². The second-order valence-corrected chi connectivity index (χ2v) is 6.35. The maximum absolute atomic E-state index is 12.8. The molecule has 0 aliphatic heterocycles. The summed E-state index contributed by atoms with van der Waals surface area (Å²) in [6.07, 6.45) is -0.425. The number of benzene rings is 1. The van der Waals surface area contributed by atoms with E-state index in [4.69, 9.17) is 4.74 Å².